The first kappa shape index (κ1) is 18.6. The van der Waals surface area contributed by atoms with Gasteiger partial charge in [-0.2, -0.15) is 0 Å². The highest BCUT2D eigenvalue weighted by molar-refractivity contribution is 6.32. The molecule has 29 heavy (non-hydrogen) atoms. The second-order valence-electron chi connectivity index (χ2n) is 5.95. The Morgan fingerprint density at radius 1 is 1.07 bits per heavy atom. The molecular formula is C20H15ClN6O2. The molecule has 0 radical (unpaired) electrons. The van der Waals surface area contributed by atoms with Gasteiger partial charge in [0, 0.05) is 18.6 Å². The van der Waals surface area contributed by atoms with Gasteiger partial charge in [-0.05, 0) is 42.0 Å². The molecule has 0 fully saturated rings. The maximum atomic E-state index is 12.6. The first-order chi connectivity index (χ1) is 14.2. The van der Waals surface area contributed by atoms with Gasteiger partial charge in [0.05, 0.1) is 16.9 Å². The number of rotatable bonds is 6. The molecule has 1 amide bonds. The van der Waals surface area contributed by atoms with Crippen LogP contribution < -0.4 is 10.1 Å². The van der Waals surface area contributed by atoms with Gasteiger partial charge in [-0.25, -0.2) is 9.67 Å². The monoisotopic (exact) mass is 406 g/mol. The normalized spacial score (nSPS) is 10.5. The van der Waals surface area contributed by atoms with Crippen LogP contribution in [0.25, 0.3) is 5.69 Å². The first-order valence-electron chi connectivity index (χ1n) is 8.66. The summed E-state index contributed by atoms with van der Waals surface area (Å²) < 4.78 is 7.23. The molecule has 9 heteroatoms. The van der Waals surface area contributed by atoms with E-state index in [0.29, 0.717) is 28.9 Å². The number of carbonyl (C=O) groups is 1. The highest BCUT2D eigenvalue weighted by atomic mass is 35.5. The van der Waals surface area contributed by atoms with Gasteiger partial charge in [-0.1, -0.05) is 28.9 Å². The van der Waals surface area contributed by atoms with Gasteiger partial charge in [-0.15, -0.1) is 5.10 Å². The Morgan fingerprint density at radius 3 is 2.72 bits per heavy atom. The molecule has 0 saturated carbocycles. The minimum atomic E-state index is -0.462. The van der Waals surface area contributed by atoms with Gasteiger partial charge < -0.3 is 10.1 Å². The number of pyridine rings is 2. The second-order valence-corrected chi connectivity index (χ2v) is 6.36. The van der Waals surface area contributed by atoms with E-state index in [2.05, 4.69) is 25.6 Å². The van der Waals surface area contributed by atoms with Crippen LogP contribution in [0, 0.1) is 0 Å². The van der Waals surface area contributed by atoms with E-state index in [1.54, 1.807) is 42.9 Å². The Bertz CT molecular complexity index is 1130. The molecule has 0 spiro atoms. The van der Waals surface area contributed by atoms with Crippen LogP contribution >= 0.6 is 11.6 Å². The summed E-state index contributed by atoms with van der Waals surface area (Å²) in [5.74, 6) is 0.269. The minimum Gasteiger partial charge on any atom is -0.485 e. The lowest BCUT2D eigenvalue weighted by molar-refractivity contribution is 0.102. The Hall–Kier alpha value is -3.78. The van der Waals surface area contributed by atoms with Crippen LogP contribution in [0.3, 0.4) is 0 Å². The lowest BCUT2D eigenvalue weighted by Gasteiger charge is -2.10. The number of amides is 1. The van der Waals surface area contributed by atoms with Gasteiger partial charge >= 0.3 is 0 Å². The number of halogens is 1. The van der Waals surface area contributed by atoms with Crippen molar-refractivity contribution < 1.29 is 9.53 Å². The highest BCUT2D eigenvalue weighted by Gasteiger charge is 2.16. The molecule has 4 aromatic rings. The zero-order valence-corrected chi connectivity index (χ0v) is 15.8. The van der Waals surface area contributed by atoms with E-state index >= 15 is 0 Å². The van der Waals surface area contributed by atoms with Crippen LogP contribution in [0.2, 0.25) is 5.02 Å². The van der Waals surface area contributed by atoms with Crippen molar-refractivity contribution in [1.82, 2.24) is 25.0 Å². The molecule has 0 atom stereocenters. The Kier molecular flexibility index (Phi) is 5.44. The van der Waals surface area contributed by atoms with E-state index in [9.17, 15) is 4.79 Å². The molecule has 3 aromatic heterocycles. The maximum Gasteiger partial charge on any atom is 0.279 e. The van der Waals surface area contributed by atoms with Gasteiger partial charge in [0.2, 0.25) is 0 Å². The summed E-state index contributed by atoms with van der Waals surface area (Å²) in [5.41, 5.74) is 1.69. The fourth-order valence-corrected chi connectivity index (χ4v) is 2.76. The van der Waals surface area contributed by atoms with Crippen molar-refractivity contribution in [3.63, 3.8) is 0 Å². The summed E-state index contributed by atoms with van der Waals surface area (Å²) in [5, 5.41) is 11.1. The van der Waals surface area contributed by atoms with Crippen molar-refractivity contribution in [3.05, 3.63) is 89.6 Å². The smallest absolute Gasteiger partial charge is 0.279 e. The molecule has 0 saturated heterocycles. The summed E-state index contributed by atoms with van der Waals surface area (Å²) in [6.45, 7) is 0.319. The minimum absolute atomic E-state index is 0.121. The number of hydrogen-bond donors (Lipinski definition) is 1. The van der Waals surface area contributed by atoms with E-state index in [4.69, 9.17) is 16.3 Å². The fourth-order valence-electron chi connectivity index (χ4n) is 2.54. The lowest BCUT2D eigenvalue weighted by atomic mass is 10.3. The number of anilines is 1. The third kappa shape index (κ3) is 4.39. The average molecular weight is 407 g/mol. The molecule has 144 valence electrons. The van der Waals surface area contributed by atoms with E-state index in [-0.39, 0.29) is 5.69 Å². The molecule has 0 aliphatic heterocycles. The van der Waals surface area contributed by atoms with Crippen LogP contribution in [-0.2, 0) is 6.61 Å². The SMILES string of the molecule is O=C(Nc1ncccc1OCc1ccncc1)c1cn(-c2ccccc2Cl)nn1. The van der Waals surface area contributed by atoms with Gasteiger partial charge in [0.25, 0.3) is 5.91 Å². The molecule has 3 heterocycles. The third-order valence-corrected chi connectivity index (χ3v) is 4.29. The zero-order chi connectivity index (χ0) is 20.1. The van der Waals surface area contributed by atoms with Gasteiger partial charge in [0.1, 0.15) is 6.61 Å². The number of aromatic nitrogens is 5. The number of nitrogens with one attached hydrogen (secondary N) is 1. The average Bonchev–Trinajstić information content (AvgIpc) is 3.24. The number of benzene rings is 1. The molecule has 0 unspecified atom stereocenters. The topological polar surface area (TPSA) is 94.8 Å². The number of ether oxygens (including phenoxy) is 1. The summed E-state index contributed by atoms with van der Waals surface area (Å²) in [6, 6.07) is 14.3. The van der Waals surface area contributed by atoms with E-state index in [0.717, 1.165) is 5.56 Å². The van der Waals surface area contributed by atoms with Crippen molar-refractivity contribution in [1.29, 1.82) is 0 Å². The third-order valence-electron chi connectivity index (χ3n) is 3.97. The van der Waals surface area contributed by atoms with Crippen molar-refractivity contribution in [3.8, 4) is 11.4 Å². The predicted octanol–water partition coefficient (Wildman–Crippen LogP) is 3.54. The predicted molar refractivity (Wildman–Crippen MR) is 107 cm³/mol. The number of carbonyl (C=O) groups excluding carboxylic acids is 1. The van der Waals surface area contributed by atoms with E-state index in [1.807, 2.05) is 24.3 Å². The largest absolute Gasteiger partial charge is 0.485 e. The molecular weight excluding hydrogens is 392 g/mol. The van der Waals surface area contributed by atoms with Gasteiger partial charge in [-0.3, -0.25) is 9.78 Å². The molecule has 0 bridgehead atoms. The standard InChI is InChI=1S/C20H15ClN6O2/c21-15-4-1-2-5-17(15)27-12-16(25-26-27)20(28)24-19-18(6-3-9-23-19)29-13-14-7-10-22-11-8-14/h1-12H,13H2,(H,23,24,28). The van der Waals surface area contributed by atoms with Crippen molar-refractivity contribution in [2.75, 3.05) is 5.32 Å². The highest BCUT2D eigenvalue weighted by Crippen LogP contribution is 2.23. The molecule has 8 nitrogen and oxygen atoms in total. The van der Waals surface area contributed by atoms with Crippen LogP contribution in [0.4, 0.5) is 5.82 Å². The van der Waals surface area contributed by atoms with Gasteiger partial charge in [0.15, 0.2) is 17.3 Å². The first-order valence-corrected chi connectivity index (χ1v) is 9.04. The fraction of sp³-hybridized carbons (Fsp3) is 0.0500. The van der Waals surface area contributed by atoms with Crippen LogP contribution in [0.5, 0.6) is 5.75 Å². The van der Waals surface area contributed by atoms with Crippen molar-refractivity contribution >= 4 is 23.3 Å². The number of nitrogens with zero attached hydrogens (tertiary/aromatic N) is 5. The summed E-state index contributed by atoms with van der Waals surface area (Å²) in [6.07, 6.45) is 6.44. The Morgan fingerprint density at radius 2 is 1.90 bits per heavy atom. The van der Waals surface area contributed by atoms with Crippen molar-refractivity contribution in [2.45, 2.75) is 6.61 Å². The summed E-state index contributed by atoms with van der Waals surface area (Å²) in [4.78, 5) is 20.8. The maximum absolute atomic E-state index is 12.6. The Balaban J connectivity index is 1.48. The Labute approximate surface area is 171 Å². The number of hydrogen-bond acceptors (Lipinski definition) is 6. The van der Waals surface area contributed by atoms with Crippen LogP contribution in [-0.4, -0.2) is 30.9 Å². The second kappa shape index (κ2) is 8.49. The molecule has 0 aliphatic rings. The van der Waals surface area contributed by atoms with E-state index < -0.39 is 5.91 Å². The summed E-state index contributed by atoms with van der Waals surface area (Å²) >= 11 is 6.16. The molecule has 4 rings (SSSR count). The lowest BCUT2D eigenvalue weighted by Crippen LogP contribution is -2.14. The number of para-hydroxylation sites is 1. The molecule has 0 aliphatic carbocycles. The molecule has 1 N–H and O–H groups in total. The quantitative estimate of drug-likeness (QED) is 0.526. The van der Waals surface area contributed by atoms with E-state index in [1.165, 1.54) is 10.9 Å². The van der Waals surface area contributed by atoms with Crippen LogP contribution in [0.15, 0.2) is 73.3 Å². The summed E-state index contributed by atoms with van der Waals surface area (Å²) in [7, 11) is 0. The molecule has 1 aromatic carbocycles. The zero-order valence-electron chi connectivity index (χ0n) is 15.1. The van der Waals surface area contributed by atoms with Crippen LogP contribution in [0.1, 0.15) is 16.1 Å². The van der Waals surface area contributed by atoms with Crippen molar-refractivity contribution in [2.24, 2.45) is 0 Å².